The van der Waals surface area contributed by atoms with E-state index < -0.39 is 0 Å². The number of morpholine rings is 1. The normalized spacial score (nSPS) is 19.2. The average Bonchev–Trinajstić information content (AvgIpc) is 2.69. The summed E-state index contributed by atoms with van der Waals surface area (Å²) in [4.78, 5) is 19.1. The third kappa shape index (κ3) is 5.70. The molecular formula is C19H30N4O2. The lowest BCUT2D eigenvalue weighted by Gasteiger charge is -2.36. The maximum atomic E-state index is 12.3. The molecule has 2 aliphatic heterocycles. The SMILES string of the molecule is O=C(CCNCCN1CCOCC1)N1CCN(c2ccccc2)CC1. The molecule has 0 aromatic heterocycles. The van der Waals surface area contributed by atoms with Gasteiger partial charge in [-0.3, -0.25) is 9.69 Å². The summed E-state index contributed by atoms with van der Waals surface area (Å²) in [5.41, 5.74) is 1.25. The Morgan fingerprint density at radius 1 is 0.960 bits per heavy atom. The van der Waals surface area contributed by atoms with Crippen molar-refractivity contribution in [2.45, 2.75) is 6.42 Å². The van der Waals surface area contributed by atoms with Crippen LogP contribution in [0.25, 0.3) is 0 Å². The molecule has 1 aromatic rings. The highest BCUT2D eigenvalue weighted by Gasteiger charge is 2.20. The smallest absolute Gasteiger partial charge is 0.223 e. The Labute approximate surface area is 150 Å². The van der Waals surface area contributed by atoms with Gasteiger partial charge >= 0.3 is 0 Å². The number of nitrogens with one attached hydrogen (secondary N) is 1. The van der Waals surface area contributed by atoms with Crippen molar-refractivity contribution >= 4 is 11.6 Å². The second kappa shape index (κ2) is 9.75. The molecule has 138 valence electrons. The number of amides is 1. The number of hydrogen-bond donors (Lipinski definition) is 1. The third-order valence-corrected chi connectivity index (χ3v) is 4.98. The van der Waals surface area contributed by atoms with E-state index in [1.807, 2.05) is 11.0 Å². The van der Waals surface area contributed by atoms with Gasteiger partial charge in [0.1, 0.15) is 0 Å². The van der Waals surface area contributed by atoms with Crippen molar-refractivity contribution in [1.82, 2.24) is 15.1 Å². The number of benzene rings is 1. The Hall–Kier alpha value is -1.63. The van der Waals surface area contributed by atoms with Crippen LogP contribution in [0.2, 0.25) is 0 Å². The van der Waals surface area contributed by atoms with Crippen LogP contribution < -0.4 is 10.2 Å². The molecule has 0 saturated carbocycles. The predicted octanol–water partition coefficient (Wildman–Crippen LogP) is 0.647. The summed E-state index contributed by atoms with van der Waals surface area (Å²) in [5.74, 6) is 0.270. The van der Waals surface area contributed by atoms with E-state index in [-0.39, 0.29) is 5.91 Å². The van der Waals surface area contributed by atoms with Crippen LogP contribution in [0.15, 0.2) is 30.3 Å². The Bertz CT molecular complexity index is 511. The van der Waals surface area contributed by atoms with Crippen molar-refractivity contribution in [3.05, 3.63) is 30.3 Å². The summed E-state index contributed by atoms with van der Waals surface area (Å²) in [5, 5.41) is 3.40. The van der Waals surface area contributed by atoms with Gasteiger partial charge in [0.05, 0.1) is 13.2 Å². The van der Waals surface area contributed by atoms with Gasteiger partial charge in [-0.15, -0.1) is 0 Å². The lowest BCUT2D eigenvalue weighted by atomic mass is 10.2. The summed E-state index contributed by atoms with van der Waals surface area (Å²) in [6.45, 7) is 9.94. The average molecular weight is 346 g/mol. The van der Waals surface area contributed by atoms with Gasteiger partial charge in [-0.2, -0.15) is 0 Å². The first-order valence-corrected chi connectivity index (χ1v) is 9.41. The summed E-state index contributed by atoms with van der Waals surface area (Å²) in [7, 11) is 0. The van der Waals surface area contributed by atoms with Gasteiger partial charge in [-0.25, -0.2) is 0 Å². The van der Waals surface area contributed by atoms with Crippen LogP contribution in [0, 0.1) is 0 Å². The fraction of sp³-hybridized carbons (Fsp3) is 0.632. The quantitative estimate of drug-likeness (QED) is 0.735. The standard InChI is InChI=1S/C19H30N4O2/c24-19(6-7-20-8-9-21-14-16-25-17-15-21)23-12-10-22(11-13-23)18-4-2-1-3-5-18/h1-5,20H,6-17H2. The summed E-state index contributed by atoms with van der Waals surface area (Å²) >= 11 is 0. The van der Waals surface area contributed by atoms with Crippen LogP contribution in [0.4, 0.5) is 5.69 Å². The van der Waals surface area contributed by atoms with Gasteiger partial charge in [0.15, 0.2) is 0 Å². The highest BCUT2D eigenvalue weighted by molar-refractivity contribution is 5.76. The van der Waals surface area contributed by atoms with Gasteiger partial charge < -0.3 is 19.9 Å². The van der Waals surface area contributed by atoms with Gasteiger partial charge in [0.2, 0.25) is 5.91 Å². The molecule has 0 radical (unpaired) electrons. The third-order valence-electron chi connectivity index (χ3n) is 4.98. The molecule has 0 bridgehead atoms. The molecular weight excluding hydrogens is 316 g/mol. The Kier molecular flexibility index (Phi) is 7.09. The summed E-state index contributed by atoms with van der Waals surface area (Å²) in [6.07, 6.45) is 0.592. The largest absolute Gasteiger partial charge is 0.379 e. The highest BCUT2D eigenvalue weighted by atomic mass is 16.5. The minimum absolute atomic E-state index is 0.270. The molecule has 0 aliphatic carbocycles. The first-order chi connectivity index (χ1) is 12.3. The van der Waals surface area contributed by atoms with Crippen molar-refractivity contribution in [3.8, 4) is 0 Å². The molecule has 1 N–H and O–H groups in total. The fourth-order valence-corrected chi connectivity index (χ4v) is 3.39. The first kappa shape index (κ1) is 18.2. The number of piperazine rings is 1. The van der Waals surface area contributed by atoms with E-state index in [9.17, 15) is 4.79 Å². The second-order valence-corrected chi connectivity index (χ2v) is 6.66. The zero-order chi connectivity index (χ0) is 17.3. The summed E-state index contributed by atoms with van der Waals surface area (Å²) < 4.78 is 5.35. The van der Waals surface area contributed by atoms with Gasteiger partial charge in [0, 0.05) is 71.0 Å². The Balaban J connectivity index is 1.28. The van der Waals surface area contributed by atoms with E-state index in [1.165, 1.54) is 5.69 Å². The van der Waals surface area contributed by atoms with Crippen LogP contribution in [0.5, 0.6) is 0 Å². The van der Waals surface area contributed by atoms with Crippen molar-refractivity contribution in [2.24, 2.45) is 0 Å². The maximum absolute atomic E-state index is 12.3. The molecule has 2 saturated heterocycles. The molecule has 3 rings (SSSR count). The summed E-state index contributed by atoms with van der Waals surface area (Å²) in [6, 6.07) is 10.4. The molecule has 0 spiro atoms. The lowest BCUT2D eigenvalue weighted by Crippen LogP contribution is -2.49. The van der Waals surface area contributed by atoms with Gasteiger partial charge in [-0.1, -0.05) is 18.2 Å². The molecule has 1 amide bonds. The molecule has 0 atom stereocenters. The van der Waals surface area contributed by atoms with E-state index in [2.05, 4.69) is 39.4 Å². The number of rotatable bonds is 7. The second-order valence-electron chi connectivity index (χ2n) is 6.66. The number of carbonyl (C=O) groups is 1. The molecule has 2 fully saturated rings. The van der Waals surface area contributed by atoms with E-state index in [0.717, 1.165) is 72.1 Å². The van der Waals surface area contributed by atoms with Crippen molar-refractivity contribution in [2.75, 3.05) is 77.0 Å². The lowest BCUT2D eigenvalue weighted by molar-refractivity contribution is -0.131. The number of nitrogens with zero attached hydrogens (tertiary/aromatic N) is 3. The van der Waals surface area contributed by atoms with E-state index in [1.54, 1.807) is 0 Å². The Morgan fingerprint density at radius 3 is 2.40 bits per heavy atom. The minimum Gasteiger partial charge on any atom is -0.379 e. The predicted molar refractivity (Wildman–Crippen MR) is 100.0 cm³/mol. The first-order valence-electron chi connectivity index (χ1n) is 9.41. The monoisotopic (exact) mass is 346 g/mol. The molecule has 2 heterocycles. The van der Waals surface area contributed by atoms with Gasteiger partial charge in [-0.05, 0) is 12.1 Å². The highest BCUT2D eigenvalue weighted by Crippen LogP contribution is 2.15. The maximum Gasteiger partial charge on any atom is 0.223 e. The molecule has 25 heavy (non-hydrogen) atoms. The number of carbonyl (C=O) groups excluding carboxylic acids is 1. The Morgan fingerprint density at radius 2 is 1.68 bits per heavy atom. The number of hydrogen-bond acceptors (Lipinski definition) is 5. The van der Waals surface area contributed by atoms with Crippen molar-refractivity contribution in [3.63, 3.8) is 0 Å². The number of para-hydroxylation sites is 1. The molecule has 6 nitrogen and oxygen atoms in total. The van der Waals surface area contributed by atoms with Gasteiger partial charge in [0.25, 0.3) is 0 Å². The van der Waals surface area contributed by atoms with E-state index in [0.29, 0.717) is 6.42 Å². The van der Waals surface area contributed by atoms with Crippen LogP contribution in [-0.2, 0) is 9.53 Å². The van der Waals surface area contributed by atoms with Crippen molar-refractivity contribution in [1.29, 1.82) is 0 Å². The van der Waals surface area contributed by atoms with Crippen LogP contribution in [-0.4, -0.2) is 87.8 Å². The van der Waals surface area contributed by atoms with Crippen LogP contribution >= 0.6 is 0 Å². The van der Waals surface area contributed by atoms with Crippen molar-refractivity contribution < 1.29 is 9.53 Å². The van der Waals surface area contributed by atoms with Crippen LogP contribution in [0.1, 0.15) is 6.42 Å². The topological polar surface area (TPSA) is 48.1 Å². The fourth-order valence-electron chi connectivity index (χ4n) is 3.39. The number of anilines is 1. The minimum atomic E-state index is 0.270. The number of ether oxygens (including phenoxy) is 1. The zero-order valence-electron chi connectivity index (χ0n) is 15.0. The molecule has 0 unspecified atom stereocenters. The zero-order valence-corrected chi connectivity index (χ0v) is 15.0. The molecule has 6 heteroatoms. The van der Waals surface area contributed by atoms with E-state index >= 15 is 0 Å². The van der Waals surface area contributed by atoms with E-state index in [4.69, 9.17) is 4.74 Å². The molecule has 1 aromatic carbocycles. The van der Waals surface area contributed by atoms with Crippen LogP contribution in [0.3, 0.4) is 0 Å². The molecule has 2 aliphatic rings.